The molecule has 3 rings (SSSR count). The van der Waals surface area contributed by atoms with Crippen molar-refractivity contribution in [3.05, 3.63) is 35.9 Å². The Bertz CT molecular complexity index is 792. The Hall–Kier alpha value is -3.23. The molecule has 1 aromatic carbocycles. The Balaban J connectivity index is 1.81. The third kappa shape index (κ3) is 4.13. The van der Waals surface area contributed by atoms with Gasteiger partial charge in [-0.25, -0.2) is 9.80 Å². The van der Waals surface area contributed by atoms with E-state index < -0.39 is 17.9 Å². The number of carbonyl (C=O) groups is 4. The highest BCUT2D eigenvalue weighted by Crippen LogP contribution is 2.16. The minimum absolute atomic E-state index is 0.0167. The Kier molecular flexibility index (Phi) is 5.49. The van der Waals surface area contributed by atoms with Crippen LogP contribution in [0.5, 0.6) is 0 Å². The van der Waals surface area contributed by atoms with Gasteiger partial charge in [-0.1, -0.05) is 30.3 Å². The maximum absolute atomic E-state index is 12.9. The molecule has 2 aliphatic rings. The number of nitrogens with one attached hydrogen (secondary N) is 1. The molecule has 0 bridgehead atoms. The number of rotatable bonds is 4. The second-order valence-electron chi connectivity index (χ2n) is 6.26. The lowest BCUT2D eigenvalue weighted by atomic mass is 10.1. The smallest absolute Gasteiger partial charge is 0.330 e. The quantitative estimate of drug-likeness (QED) is 0.728. The number of amides is 3. The average Bonchev–Trinajstić information content (AvgIpc) is 2.69. The third-order valence-electron chi connectivity index (χ3n) is 4.44. The molecule has 2 heterocycles. The van der Waals surface area contributed by atoms with E-state index in [1.165, 1.54) is 12.1 Å². The topological polar surface area (TPSA) is 108 Å². The van der Waals surface area contributed by atoms with Crippen LogP contribution in [0.15, 0.2) is 35.4 Å². The predicted molar refractivity (Wildman–Crippen MR) is 94.2 cm³/mol. The van der Waals surface area contributed by atoms with Gasteiger partial charge < -0.3 is 15.0 Å². The summed E-state index contributed by atoms with van der Waals surface area (Å²) in [5.41, 5.74) is 1.03. The number of hydrogen-bond acceptors (Lipinski definition) is 6. The Morgan fingerprint density at radius 2 is 1.96 bits per heavy atom. The Labute approximate surface area is 155 Å². The number of benzene rings is 1. The van der Waals surface area contributed by atoms with Crippen LogP contribution in [0.2, 0.25) is 0 Å². The van der Waals surface area contributed by atoms with Crippen molar-refractivity contribution in [1.29, 1.82) is 0 Å². The number of hydrazone groups is 1. The van der Waals surface area contributed by atoms with E-state index in [1.807, 2.05) is 30.3 Å². The van der Waals surface area contributed by atoms with Crippen LogP contribution in [-0.4, -0.2) is 65.6 Å². The molecule has 0 aromatic heterocycles. The van der Waals surface area contributed by atoms with Gasteiger partial charge in [0, 0.05) is 19.4 Å². The summed E-state index contributed by atoms with van der Waals surface area (Å²) in [4.78, 5) is 49.9. The van der Waals surface area contributed by atoms with Gasteiger partial charge in [-0.2, -0.15) is 5.10 Å². The summed E-state index contributed by atoms with van der Waals surface area (Å²) in [6.07, 6.45) is 0.301. The molecule has 0 aliphatic carbocycles. The molecule has 1 aromatic rings. The third-order valence-corrected chi connectivity index (χ3v) is 4.44. The zero-order chi connectivity index (χ0) is 19.4. The highest BCUT2D eigenvalue weighted by Gasteiger charge is 2.38. The summed E-state index contributed by atoms with van der Waals surface area (Å²) in [5, 5.41) is 8.00. The van der Waals surface area contributed by atoms with Crippen LogP contribution in [0.3, 0.4) is 0 Å². The van der Waals surface area contributed by atoms with E-state index in [-0.39, 0.29) is 50.0 Å². The van der Waals surface area contributed by atoms with Gasteiger partial charge in [0.1, 0.15) is 18.3 Å². The maximum atomic E-state index is 12.9. The molecule has 1 N–H and O–H groups in total. The number of methoxy groups -OCH3 is 1. The first-order valence-corrected chi connectivity index (χ1v) is 8.57. The molecule has 1 fully saturated rings. The molecular weight excluding hydrogens is 352 g/mol. The summed E-state index contributed by atoms with van der Waals surface area (Å²) in [6, 6.07) is 8.39. The lowest BCUT2D eigenvalue weighted by Crippen LogP contribution is -2.61. The van der Waals surface area contributed by atoms with Crippen molar-refractivity contribution >= 4 is 29.4 Å². The van der Waals surface area contributed by atoms with Crippen LogP contribution in [0.25, 0.3) is 0 Å². The van der Waals surface area contributed by atoms with Crippen LogP contribution in [0.4, 0.5) is 0 Å². The molecule has 27 heavy (non-hydrogen) atoms. The van der Waals surface area contributed by atoms with Crippen LogP contribution in [0, 0.1) is 0 Å². The molecule has 9 nitrogen and oxygen atoms in total. The molecule has 3 amide bonds. The van der Waals surface area contributed by atoms with Crippen molar-refractivity contribution in [2.24, 2.45) is 5.10 Å². The first kappa shape index (κ1) is 18.6. The van der Waals surface area contributed by atoms with Gasteiger partial charge in [-0.15, -0.1) is 0 Å². The molecule has 142 valence electrons. The molecule has 9 heteroatoms. The van der Waals surface area contributed by atoms with Gasteiger partial charge in [0.2, 0.25) is 11.8 Å². The molecule has 1 atom stereocenters. The molecular formula is C18H20N4O5. The summed E-state index contributed by atoms with van der Waals surface area (Å²) >= 11 is 0. The summed E-state index contributed by atoms with van der Waals surface area (Å²) in [7, 11) is 1.22. The average molecular weight is 372 g/mol. The van der Waals surface area contributed by atoms with E-state index in [0.717, 1.165) is 10.5 Å². The highest BCUT2D eigenvalue weighted by molar-refractivity contribution is 6.40. The van der Waals surface area contributed by atoms with Crippen molar-refractivity contribution in [2.45, 2.75) is 25.4 Å². The standard InChI is InChI=1S/C18H20N4O5/c1-27-18(26)14-9-19-15(23)11-21(14)17(25)13-7-8-16(24)22(20-13)10-12-5-3-2-4-6-12/h2-6,14H,7-11H2,1H3,(H,19,23)/t14-/m1/s1. The fourth-order valence-corrected chi connectivity index (χ4v) is 3.00. The normalized spacial score (nSPS) is 20.0. The molecule has 0 unspecified atom stereocenters. The summed E-state index contributed by atoms with van der Waals surface area (Å²) < 4.78 is 4.72. The van der Waals surface area contributed by atoms with Crippen molar-refractivity contribution in [2.75, 3.05) is 20.2 Å². The first-order chi connectivity index (χ1) is 13.0. The van der Waals surface area contributed by atoms with Gasteiger partial charge >= 0.3 is 5.97 Å². The van der Waals surface area contributed by atoms with Gasteiger partial charge in [-0.3, -0.25) is 14.4 Å². The van der Waals surface area contributed by atoms with E-state index >= 15 is 0 Å². The summed E-state index contributed by atoms with van der Waals surface area (Å²) in [6.45, 7) is -0.0290. The van der Waals surface area contributed by atoms with E-state index in [1.54, 1.807) is 0 Å². The van der Waals surface area contributed by atoms with Gasteiger partial charge in [0.05, 0.1) is 13.7 Å². The number of nitrogens with zero attached hydrogens (tertiary/aromatic N) is 3. The SMILES string of the molecule is COC(=O)[C@H]1CNC(=O)CN1C(=O)C1=NN(Cc2ccccc2)C(=O)CC1. The van der Waals surface area contributed by atoms with Crippen LogP contribution in [-0.2, 0) is 30.5 Å². The largest absolute Gasteiger partial charge is 0.467 e. The molecule has 0 spiro atoms. The number of piperazine rings is 1. The van der Waals surface area contributed by atoms with E-state index in [2.05, 4.69) is 10.4 Å². The number of carbonyl (C=O) groups excluding carboxylic acids is 4. The zero-order valence-electron chi connectivity index (χ0n) is 14.9. The molecule has 0 radical (unpaired) electrons. The van der Waals surface area contributed by atoms with Crippen LogP contribution in [0.1, 0.15) is 18.4 Å². The van der Waals surface area contributed by atoms with Crippen LogP contribution < -0.4 is 5.32 Å². The zero-order valence-corrected chi connectivity index (χ0v) is 14.9. The van der Waals surface area contributed by atoms with E-state index in [0.29, 0.717) is 0 Å². The number of hydrogen-bond donors (Lipinski definition) is 1. The molecule has 2 aliphatic heterocycles. The van der Waals surface area contributed by atoms with Gasteiger partial charge in [-0.05, 0) is 5.56 Å². The predicted octanol–water partition coefficient (Wildman–Crippen LogP) is -0.335. The minimum Gasteiger partial charge on any atom is -0.467 e. The monoisotopic (exact) mass is 372 g/mol. The number of ether oxygens (including phenoxy) is 1. The van der Waals surface area contributed by atoms with E-state index in [9.17, 15) is 19.2 Å². The number of esters is 1. The van der Waals surface area contributed by atoms with Crippen molar-refractivity contribution in [1.82, 2.24) is 15.2 Å². The second-order valence-corrected chi connectivity index (χ2v) is 6.26. The fraction of sp³-hybridized carbons (Fsp3) is 0.389. The van der Waals surface area contributed by atoms with Gasteiger partial charge in [0.15, 0.2) is 0 Å². The second kappa shape index (κ2) is 7.98. The van der Waals surface area contributed by atoms with Crippen molar-refractivity contribution in [3.63, 3.8) is 0 Å². The first-order valence-electron chi connectivity index (χ1n) is 8.57. The Morgan fingerprint density at radius 3 is 2.67 bits per heavy atom. The van der Waals surface area contributed by atoms with E-state index in [4.69, 9.17) is 4.74 Å². The fourth-order valence-electron chi connectivity index (χ4n) is 3.00. The van der Waals surface area contributed by atoms with Gasteiger partial charge in [0.25, 0.3) is 5.91 Å². The molecule has 1 saturated heterocycles. The van der Waals surface area contributed by atoms with Crippen LogP contribution >= 0.6 is 0 Å². The van der Waals surface area contributed by atoms with Crippen molar-refractivity contribution < 1.29 is 23.9 Å². The molecule has 0 saturated carbocycles. The summed E-state index contributed by atoms with van der Waals surface area (Å²) in [5.74, 6) is -1.70. The minimum atomic E-state index is -0.914. The Morgan fingerprint density at radius 1 is 1.22 bits per heavy atom. The highest BCUT2D eigenvalue weighted by atomic mass is 16.5. The van der Waals surface area contributed by atoms with Crippen molar-refractivity contribution in [3.8, 4) is 0 Å². The maximum Gasteiger partial charge on any atom is 0.330 e. The lowest BCUT2D eigenvalue weighted by molar-refractivity contribution is -0.154. The lowest BCUT2D eigenvalue weighted by Gasteiger charge is -2.34.